The van der Waals surface area contributed by atoms with Crippen LogP contribution in [0.25, 0.3) is 93.6 Å². The number of aromatic nitrogens is 1. The molecule has 0 fully saturated rings. The summed E-state index contributed by atoms with van der Waals surface area (Å²) in [5.41, 5.74) is 15.5. The van der Waals surface area contributed by atoms with Crippen molar-refractivity contribution in [3.8, 4) is 39.1 Å². The standard InChI is InChI=1S/C58H38N2O/c1-3-14-40(15-4-1)47-19-9-11-24-54(47)59(46-34-28-42(29-35-46)49-22-13-23-53-51-21-10-12-25-56(51)61-58(49)53)45-32-26-39(27-33-45)43-31-36-50-52-37-30-41-16-7-8-20-48(41)57(52)60(55(50)38-43)44-17-5-2-6-18-44/h1-38H. The first-order chi connectivity index (χ1) is 30.3. The van der Waals surface area contributed by atoms with Crippen molar-refractivity contribution < 1.29 is 4.42 Å². The monoisotopic (exact) mass is 778 g/mol. The predicted molar refractivity (Wildman–Crippen MR) is 257 cm³/mol. The van der Waals surface area contributed by atoms with E-state index in [0.29, 0.717) is 0 Å². The van der Waals surface area contributed by atoms with Crippen LogP contribution in [0.3, 0.4) is 0 Å². The van der Waals surface area contributed by atoms with Gasteiger partial charge in [-0.3, -0.25) is 0 Å². The second-order valence-electron chi connectivity index (χ2n) is 15.7. The summed E-state index contributed by atoms with van der Waals surface area (Å²) in [6.07, 6.45) is 0. The number of fused-ring (bicyclic) bond motifs is 8. The van der Waals surface area contributed by atoms with E-state index in [1.165, 1.54) is 43.7 Å². The molecule has 0 saturated heterocycles. The zero-order chi connectivity index (χ0) is 40.3. The highest BCUT2D eigenvalue weighted by molar-refractivity contribution is 6.19. The van der Waals surface area contributed by atoms with Crippen LogP contribution in [0.1, 0.15) is 0 Å². The zero-order valence-electron chi connectivity index (χ0n) is 33.2. The second-order valence-corrected chi connectivity index (χ2v) is 15.7. The summed E-state index contributed by atoms with van der Waals surface area (Å²) in [4.78, 5) is 2.37. The Morgan fingerprint density at radius 2 is 0.951 bits per heavy atom. The van der Waals surface area contributed by atoms with Crippen molar-refractivity contribution in [2.24, 2.45) is 0 Å². The molecule has 61 heavy (non-hydrogen) atoms. The molecule has 12 aromatic rings. The van der Waals surface area contributed by atoms with Crippen LogP contribution in [0.4, 0.5) is 17.1 Å². The second kappa shape index (κ2) is 14.3. The SMILES string of the molecule is c1ccc(-c2ccccc2N(c2ccc(-c3ccc4c5ccc6ccccc6c5n(-c5ccccc5)c4c3)cc2)c2ccc(-c3cccc4c3oc3ccccc34)cc2)cc1. The lowest BCUT2D eigenvalue weighted by Crippen LogP contribution is -2.11. The summed E-state index contributed by atoms with van der Waals surface area (Å²) < 4.78 is 8.88. The van der Waals surface area contributed by atoms with Gasteiger partial charge in [0, 0.05) is 55.1 Å². The number of furan rings is 1. The average molecular weight is 779 g/mol. The van der Waals surface area contributed by atoms with Gasteiger partial charge in [-0.05, 0) is 82.2 Å². The molecular weight excluding hydrogens is 741 g/mol. The number of nitrogens with zero attached hydrogens (tertiary/aromatic N) is 2. The summed E-state index contributed by atoms with van der Waals surface area (Å²) in [6, 6.07) is 82.8. The van der Waals surface area contributed by atoms with E-state index in [2.05, 4.69) is 228 Å². The Morgan fingerprint density at radius 3 is 1.75 bits per heavy atom. The van der Waals surface area contributed by atoms with Crippen molar-refractivity contribution in [2.45, 2.75) is 0 Å². The van der Waals surface area contributed by atoms with Crippen molar-refractivity contribution in [1.29, 1.82) is 0 Å². The number of hydrogen-bond acceptors (Lipinski definition) is 2. The van der Waals surface area contributed by atoms with E-state index >= 15 is 0 Å². The summed E-state index contributed by atoms with van der Waals surface area (Å²) in [5.74, 6) is 0. The molecule has 0 aliphatic rings. The Hall–Kier alpha value is -8.14. The Balaban J connectivity index is 0.981. The minimum absolute atomic E-state index is 0.904. The van der Waals surface area contributed by atoms with Gasteiger partial charge >= 0.3 is 0 Å². The van der Waals surface area contributed by atoms with Crippen molar-refractivity contribution in [1.82, 2.24) is 4.57 Å². The van der Waals surface area contributed by atoms with E-state index in [1.807, 2.05) is 12.1 Å². The van der Waals surface area contributed by atoms with Crippen LogP contribution in [-0.4, -0.2) is 4.57 Å². The number of para-hydroxylation sites is 4. The molecule has 0 aliphatic carbocycles. The fourth-order valence-electron chi connectivity index (χ4n) is 9.33. The lowest BCUT2D eigenvalue weighted by atomic mass is 9.99. The largest absolute Gasteiger partial charge is 0.455 e. The molecule has 0 saturated carbocycles. The number of benzene rings is 10. The van der Waals surface area contributed by atoms with Crippen LogP contribution in [0, 0.1) is 0 Å². The molecule has 0 amide bonds. The van der Waals surface area contributed by atoms with E-state index in [0.717, 1.165) is 66.9 Å². The first-order valence-corrected chi connectivity index (χ1v) is 20.8. The Morgan fingerprint density at radius 1 is 0.361 bits per heavy atom. The normalized spacial score (nSPS) is 11.6. The third-order valence-corrected chi connectivity index (χ3v) is 12.2. The maximum atomic E-state index is 6.44. The Kier molecular flexibility index (Phi) is 8.17. The average Bonchev–Trinajstić information content (AvgIpc) is 3.89. The third kappa shape index (κ3) is 5.82. The first-order valence-electron chi connectivity index (χ1n) is 20.8. The van der Waals surface area contributed by atoms with Gasteiger partial charge in [0.25, 0.3) is 0 Å². The maximum absolute atomic E-state index is 6.44. The molecule has 12 rings (SSSR count). The summed E-state index contributed by atoms with van der Waals surface area (Å²) in [6.45, 7) is 0. The first kappa shape index (κ1) is 34.9. The quantitative estimate of drug-likeness (QED) is 0.161. The van der Waals surface area contributed by atoms with Crippen molar-refractivity contribution in [2.75, 3.05) is 4.90 Å². The van der Waals surface area contributed by atoms with Gasteiger partial charge in [-0.1, -0.05) is 176 Å². The molecule has 3 nitrogen and oxygen atoms in total. The van der Waals surface area contributed by atoms with Crippen LogP contribution >= 0.6 is 0 Å². The molecule has 2 aromatic heterocycles. The molecule has 0 spiro atoms. The van der Waals surface area contributed by atoms with E-state index in [1.54, 1.807) is 0 Å². The Bertz CT molecular complexity index is 3560. The van der Waals surface area contributed by atoms with Gasteiger partial charge < -0.3 is 13.9 Å². The number of rotatable bonds is 7. The number of hydrogen-bond donors (Lipinski definition) is 0. The van der Waals surface area contributed by atoms with Gasteiger partial charge in [0.2, 0.25) is 0 Å². The molecule has 3 heteroatoms. The highest BCUT2D eigenvalue weighted by Crippen LogP contribution is 2.44. The van der Waals surface area contributed by atoms with Gasteiger partial charge in [0.1, 0.15) is 11.2 Å². The minimum Gasteiger partial charge on any atom is -0.455 e. The smallest absolute Gasteiger partial charge is 0.143 e. The van der Waals surface area contributed by atoms with Crippen LogP contribution < -0.4 is 4.90 Å². The lowest BCUT2D eigenvalue weighted by Gasteiger charge is -2.28. The molecule has 0 unspecified atom stereocenters. The minimum atomic E-state index is 0.904. The highest BCUT2D eigenvalue weighted by Gasteiger charge is 2.20. The third-order valence-electron chi connectivity index (χ3n) is 12.2. The van der Waals surface area contributed by atoms with Gasteiger partial charge in [-0.25, -0.2) is 0 Å². The van der Waals surface area contributed by atoms with Crippen molar-refractivity contribution >= 4 is 71.6 Å². The van der Waals surface area contributed by atoms with Gasteiger partial charge in [0.05, 0.1) is 16.7 Å². The molecule has 2 heterocycles. The molecular formula is C58H38N2O. The molecule has 0 N–H and O–H groups in total. The number of anilines is 3. The fraction of sp³-hybridized carbons (Fsp3) is 0. The zero-order valence-corrected chi connectivity index (χ0v) is 33.2. The molecule has 286 valence electrons. The summed E-state index contributed by atoms with van der Waals surface area (Å²) in [7, 11) is 0. The van der Waals surface area contributed by atoms with Gasteiger partial charge in [0.15, 0.2) is 0 Å². The predicted octanol–water partition coefficient (Wildman–Crippen LogP) is 16.3. The fourth-order valence-corrected chi connectivity index (χ4v) is 9.33. The van der Waals surface area contributed by atoms with E-state index in [9.17, 15) is 0 Å². The molecule has 0 atom stereocenters. The Labute approximate surface area is 353 Å². The van der Waals surface area contributed by atoms with E-state index < -0.39 is 0 Å². The molecule has 0 bridgehead atoms. The molecule has 10 aromatic carbocycles. The van der Waals surface area contributed by atoms with E-state index in [4.69, 9.17) is 4.42 Å². The van der Waals surface area contributed by atoms with Crippen LogP contribution in [0.5, 0.6) is 0 Å². The topological polar surface area (TPSA) is 21.3 Å². The van der Waals surface area contributed by atoms with Crippen molar-refractivity contribution in [3.05, 3.63) is 231 Å². The van der Waals surface area contributed by atoms with Crippen LogP contribution in [0.2, 0.25) is 0 Å². The van der Waals surface area contributed by atoms with Crippen molar-refractivity contribution in [3.63, 3.8) is 0 Å². The lowest BCUT2D eigenvalue weighted by molar-refractivity contribution is 0.670. The summed E-state index contributed by atoms with van der Waals surface area (Å²) in [5, 5.41) is 7.25. The van der Waals surface area contributed by atoms with Gasteiger partial charge in [-0.2, -0.15) is 0 Å². The molecule has 0 aliphatic heterocycles. The summed E-state index contributed by atoms with van der Waals surface area (Å²) >= 11 is 0. The van der Waals surface area contributed by atoms with Crippen LogP contribution in [0.15, 0.2) is 235 Å². The highest BCUT2D eigenvalue weighted by atomic mass is 16.3. The van der Waals surface area contributed by atoms with E-state index in [-0.39, 0.29) is 0 Å². The molecule has 0 radical (unpaired) electrons. The van der Waals surface area contributed by atoms with Crippen LogP contribution in [-0.2, 0) is 0 Å². The maximum Gasteiger partial charge on any atom is 0.143 e. The van der Waals surface area contributed by atoms with Gasteiger partial charge in [-0.15, -0.1) is 0 Å².